The van der Waals surface area contributed by atoms with Crippen LogP contribution in [0.5, 0.6) is 5.75 Å². The molecule has 33 heavy (non-hydrogen) atoms. The Morgan fingerprint density at radius 2 is 1.97 bits per heavy atom. The summed E-state index contributed by atoms with van der Waals surface area (Å²) in [4.78, 5) is 29.4. The molecule has 10 nitrogen and oxygen atoms in total. The molecule has 1 aromatic rings. The van der Waals surface area contributed by atoms with E-state index in [0.29, 0.717) is 25.4 Å². The third-order valence-electron chi connectivity index (χ3n) is 5.54. The van der Waals surface area contributed by atoms with Gasteiger partial charge in [-0.2, -0.15) is 0 Å². The van der Waals surface area contributed by atoms with E-state index in [2.05, 4.69) is 10.0 Å². The standard InChI is InChI=1S/C22H36N4O6S/c1-7-10-23-22(28)26-12-15(2)20(31-5)13-25(4)21(27)18-11-17(24-33(6,29)30)8-9-19(18)32-14-16(26)3/h8-9,11,15-16,20,24H,7,10,12-14H2,1-6H3,(H,23,28)/t15-,16-,20-/m0/s1. The van der Waals surface area contributed by atoms with E-state index in [1.807, 2.05) is 20.8 Å². The number of rotatable bonds is 5. The summed E-state index contributed by atoms with van der Waals surface area (Å²) >= 11 is 0. The van der Waals surface area contributed by atoms with Gasteiger partial charge in [-0.1, -0.05) is 13.8 Å². The Labute approximate surface area is 196 Å². The van der Waals surface area contributed by atoms with Crippen molar-refractivity contribution in [3.63, 3.8) is 0 Å². The second-order valence-corrected chi connectivity index (χ2v) is 10.3. The number of benzene rings is 1. The fraction of sp³-hybridized carbons (Fsp3) is 0.636. The Hall–Kier alpha value is -2.53. The van der Waals surface area contributed by atoms with Gasteiger partial charge in [0, 0.05) is 45.4 Å². The molecule has 186 valence electrons. The predicted molar refractivity (Wildman–Crippen MR) is 127 cm³/mol. The number of anilines is 1. The molecule has 0 aliphatic carbocycles. The van der Waals surface area contributed by atoms with Crippen LogP contribution < -0.4 is 14.8 Å². The summed E-state index contributed by atoms with van der Waals surface area (Å²) in [6.07, 6.45) is 1.56. The Morgan fingerprint density at radius 1 is 1.27 bits per heavy atom. The summed E-state index contributed by atoms with van der Waals surface area (Å²) in [6.45, 7) is 7.31. The molecule has 0 saturated carbocycles. The highest BCUT2D eigenvalue weighted by atomic mass is 32.2. The third-order valence-corrected chi connectivity index (χ3v) is 6.14. The van der Waals surface area contributed by atoms with E-state index in [0.717, 1.165) is 12.7 Å². The van der Waals surface area contributed by atoms with Crippen LogP contribution in [0.1, 0.15) is 37.6 Å². The molecule has 0 radical (unpaired) electrons. The number of hydrogen-bond donors (Lipinski definition) is 2. The molecule has 0 unspecified atom stereocenters. The van der Waals surface area contributed by atoms with Gasteiger partial charge in [0.25, 0.3) is 5.91 Å². The van der Waals surface area contributed by atoms with Gasteiger partial charge in [-0.3, -0.25) is 9.52 Å². The van der Waals surface area contributed by atoms with Gasteiger partial charge in [0.1, 0.15) is 12.4 Å². The van der Waals surface area contributed by atoms with Crippen molar-refractivity contribution in [2.45, 2.75) is 39.3 Å². The summed E-state index contributed by atoms with van der Waals surface area (Å²) in [6, 6.07) is 4.10. The Balaban J connectivity index is 2.45. The summed E-state index contributed by atoms with van der Waals surface area (Å²) in [5, 5.41) is 2.92. The van der Waals surface area contributed by atoms with E-state index in [9.17, 15) is 18.0 Å². The van der Waals surface area contributed by atoms with Crippen LogP contribution in [0.15, 0.2) is 18.2 Å². The van der Waals surface area contributed by atoms with Crippen molar-refractivity contribution in [3.05, 3.63) is 23.8 Å². The van der Waals surface area contributed by atoms with Crippen molar-refractivity contribution < 1.29 is 27.5 Å². The average Bonchev–Trinajstić information content (AvgIpc) is 2.75. The highest BCUT2D eigenvalue weighted by Crippen LogP contribution is 2.26. The second kappa shape index (κ2) is 11.6. The topological polar surface area (TPSA) is 117 Å². The lowest BCUT2D eigenvalue weighted by Crippen LogP contribution is -2.51. The zero-order valence-corrected chi connectivity index (χ0v) is 21.1. The van der Waals surface area contributed by atoms with Gasteiger partial charge < -0.3 is 24.6 Å². The molecule has 0 bridgehead atoms. The molecule has 11 heteroatoms. The first-order valence-electron chi connectivity index (χ1n) is 11.0. The van der Waals surface area contributed by atoms with Gasteiger partial charge in [0.05, 0.1) is 24.0 Å². The summed E-state index contributed by atoms with van der Waals surface area (Å²) in [7, 11) is -0.276. The number of urea groups is 1. The van der Waals surface area contributed by atoms with Gasteiger partial charge in [-0.05, 0) is 31.5 Å². The minimum Gasteiger partial charge on any atom is -0.491 e. The molecule has 3 amide bonds. The van der Waals surface area contributed by atoms with E-state index in [4.69, 9.17) is 9.47 Å². The van der Waals surface area contributed by atoms with Gasteiger partial charge >= 0.3 is 6.03 Å². The molecule has 3 atom stereocenters. The minimum absolute atomic E-state index is 0.0581. The number of nitrogens with zero attached hydrogens (tertiary/aromatic N) is 2. The fourth-order valence-electron chi connectivity index (χ4n) is 3.67. The number of fused-ring (bicyclic) bond motifs is 1. The summed E-state index contributed by atoms with van der Waals surface area (Å²) < 4.78 is 37.4. The lowest BCUT2D eigenvalue weighted by atomic mass is 10.0. The Kier molecular flexibility index (Phi) is 9.35. The van der Waals surface area contributed by atoms with E-state index in [1.165, 1.54) is 17.0 Å². The number of nitrogens with one attached hydrogen (secondary N) is 2. The van der Waals surface area contributed by atoms with E-state index in [1.54, 1.807) is 25.1 Å². The lowest BCUT2D eigenvalue weighted by molar-refractivity contribution is 0.0166. The van der Waals surface area contributed by atoms with Crippen LogP contribution in [-0.4, -0.2) is 89.0 Å². The fourth-order valence-corrected chi connectivity index (χ4v) is 4.23. The maximum atomic E-state index is 13.2. The summed E-state index contributed by atoms with van der Waals surface area (Å²) in [5.74, 6) is -0.0614. The Bertz CT molecular complexity index is 939. The smallest absolute Gasteiger partial charge is 0.317 e. The number of carbonyl (C=O) groups is 2. The van der Waals surface area contributed by atoms with E-state index >= 15 is 0 Å². The van der Waals surface area contributed by atoms with E-state index < -0.39 is 10.0 Å². The molecule has 0 saturated heterocycles. The number of carbonyl (C=O) groups excluding carboxylic acids is 2. The number of amides is 3. The maximum Gasteiger partial charge on any atom is 0.317 e. The Morgan fingerprint density at radius 3 is 2.58 bits per heavy atom. The highest BCUT2D eigenvalue weighted by Gasteiger charge is 2.30. The van der Waals surface area contributed by atoms with Gasteiger partial charge in [0.2, 0.25) is 10.0 Å². The normalized spacial score (nSPS) is 22.5. The van der Waals surface area contributed by atoms with Crippen LogP contribution in [0, 0.1) is 5.92 Å². The number of likely N-dealkylation sites (N-methyl/N-ethyl adjacent to an activating group) is 1. The molecule has 2 rings (SSSR count). The van der Waals surface area contributed by atoms with Crippen LogP contribution in [0.25, 0.3) is 0 Å². The van der Waals surface area contributed by atoms with Crippen LogP contribution in [0.3, 0.4) is 0 Å². The zero-order chi connectivity index (χ0) is 24.8. The first-order chi connectivity index (χ1) is 15.5. The molecule has 1 aromatic carbocycles. The van der Waals surface area contributed by atoms with Gasteiger partial charge in [-0.25, -0.2) is 13.2 Å². The maximum absolute atomic E-state index is 13.2. The zero-order valence-electron chi connectivity index (χ0n) is 20.3. The van der Waals surface area contributed by atoms with Gasteiger partial charge in [0.15, 0.2) is 0 Å². The molecule has 0 aromatic heterocycles. The van der Waals surface area contributed by atoms with Gasteiger partial charge in [-0.15, -0.1) is 0 Å². The highest BCUT2D eigenvalue weighted by molar-refractivity contribution is 7.92. The van der Waals surface area contributed by atoms with Crippen LogP contribution in [0.2, 0.25) is 0 Å². The van der Waals surface area contributed by atoms with Crippen LogP contribution >= 0.6 is 0 Å². The van der Waals surface area contributed by atoms with Crippen LogP contribution in [-0.2, 0) is 14.8 Å². The average molecular weight is 485 g/mol. The largest absolute Gasteiger partial charge is 0.491 e. The summed E-state index contributed by atoms with van der Waals surface area (Å²) in [5.41, 5.74) is 0.488. The molecule has 0 fully saturated rings. The number of sulfonamides is 1. The van der Waals surface area contributed by atoms with Crippen molar-refractivity contribution in [2.24, 2.45) is 5.92 Å². The quantitative estimate of drug-likeness (QED) is 0.660. The number of methoxy groups -OCH3 is 1. The monoisotopic (exact) mass is 484 g/mol. The minimum atomic E-state index is -3.51. The SMILES string of the molecule is CCCNC(=O)N1C[C@H](C)[C@@H](OC)CN(C)C(=O)c2cc(NS(C)(=O)=O)ccc2OC[C@@H]1C. The molecule has 0 spiro atoms. The first-order valence-corrected chi connectivity index (χ1v) is 12.9. The van der Waals surface area contributed by atoms with Crippen molar-refractivity contribution in [3.8, 4) is 5.75 Å². The van der Waals surface area contributed by atoms with Crippen LogP contribution in [0.4, 0.5) is 10.5 Å². The van der Waals surface area contributed by atoms with Crippen molar-refractivity contribution >= 4 is 27.6 Å². The predicted octanol–water partition coefficient (Wildman–Crippen LogP) is 1.98. The van der Waals surface area contributed by atoms with Crippen molar-refractivity contribution in [1.29, 1.82) is 0 Å². The van der Waals surface area contributed by atoms with E-state index in [-0.39, 0.29) is 47.9 Å². The third kappa shape index (κ3) is 7.50. The molecular formula is C22H36N4O6S. The molecule has 1 aliphatic heterocycles. The second-order valence-electron chi connectivity index (χ2n) is 8.57. The molecule has 2 N–H and O–H groups in total. The first kappa shape index (κ1) is 26.7. The number of hydrogen-bond acceptors (Lipinski definition) is 6. The molecule has 1 heterocycles. The molecule has 1 aliphatic rings. The molecular weight excluding hydrogens is 448 g/mol. The lowest BCUT2D eigenvalue weighted by Gasteiger charge is -2.36. The van der Waals surface area contributed by atoms with Crippen molar-refractivity contribution in [1.82, 2.24) is 15.1 Å². The van der Waals surface area contributed by atoms with Crippen molar-refractivity contribution in [2.75, 3.05) is 51.4 Å². The number of ether oxygens (including phenoxy) is 2.